The number of hydrogen-bond acceptors (Lipinski definition) is 0. The Hall–Kier alpha value is -7.68. The van der Waals surface area contributed by atoms with E-state index >= 15 is 0 Å². The number of hydrogen-bond donors (Lipinski definition) is 0. The predicted octanol–water partition coefficient (Wildman–Crippen LogP) is 15.5. The van der Waals surface area contributed by atoms with Crippen LogP contribution in [-0.2, 0) is 6.42 Å². The van der Waals surface area contributed by atoms with Crippen molar-refractivity contribution in [2.75, 3.05) is 0 Å². The molecule has 0 N–H and O–H groups in total. The number of benzene rings is 11. The fraction of sp³-hybridized carbons (Fsp3) is 0.0345. The lowest BCUT2D eigenvalue weighted by atomic mass is 9.82. The number of fused-ring (bicyclic) bond motifs is 21. The molecule has 1 aliphatic carbocycles. The van der Waals surface area contributed by atoms with Gasteiger partial charge in [0.05, 0.1) is 28.3 Å². The van der Waals surface area contributed by atoms with Gasteiger partial charge in [-0.05, 0) is 79.2 Å². The van der Waals surface area contributed by atoms with Crippen LogP contribution in [0.25, 0.3) is 114 Å². The quantitative estimate of drug-likeness (QED) is 0.155. The smallest absolute Gasteiger partial charge is 0.0638 e. The molecule has 13 aromatic rings. The van der Waals surface area contributed by atoms with Crippen molar-refractivity contribution in [3.63, 3.8) is 0 Å². The first-order valence-electron chi connectivity index (χ1n) is 21.1. The average molecular weight is 761 g/mol. The van der Waals surface area contributed by atoms with Crippen molar-refractivity contribution in [3.8, 4) is 16.8 Å². The molecule has 0 saturated carbocycles. The van der Waals surface area contributed by atoms with E-state index in [1.165, 1.54) is 125 Å². The van der Waals surface area contributed by atoms with Gasteiger partial charge in [-0.1, -0.05) is 182 Å². The summed E-state index contributed by atoms with van der Waals surface area (Å²) in [6, 6.07) is 75.2. The number of para-hydroxylation sites is 2. The normalized spacial score (nSPS) is 14.1. The second-order valence-corrected chi connectivity index (χ2v) is 16.7. The minimum Gasteiger partial charge on any atom is -0.332 e. The highest BCUT2D eigenvalue weighted by atomic mass is 15.0. The first kappa shape index (κ1) is 32.3. The highest BCUT2D eigenvalue weighted by Crippen LogP contribution is 2.52. The first-order valence-corrected chi connectivity index (χ1v) is 21.1. The van der Waals surface area contributed by atoms with Crippen molar-refractivity contribution in [2.45, 2.75) is 12.5 Å². The Morgan fingerprint density at radius 3 is 1.65 bits per heavy atom. The molecular formula is C58H36N2. The Morgan fingerprint density at radius 2 is 0.867 bits per heavy atom. The zero-order valence-electron chi connectivity index (χ0n) is 32.7. The Kier molecular flexibility index (Phi) is 6.43. The highest BCUT2D eigenvalue weighted by molar-refractivity contribution is 6.44. The molecule has 2 nitrogen and oxygen atoms in total. The van der Waals surface area contributed by atoms with Crippen LogP contribution < -0.4 is 0 Å². The summed E-state index contributed by atoms with van der Waals surface area (Å²) in [5, 5.41) is 18.0. The molecule has 14 rings (SSSR count). The topological polar surface area (TPSA) is 9.86 Å². The van der Waals surface area contributed by atoms with Gasteiger partial charge >= 0.3 is 0 Å². The lowest BCUT2D eigenvalue weighted by Gasteiger charge is -2.30. The van der Waals surface area contributed by atoms with Gasteiger partial charge in [0.2, 0.25) is 0 Å². The molecule has 1 unspecified atom stereocenters. The molecule has 1 aliphatic rings. The van der Waals surface area contributed by atoms with E-state index in [9.17, 15) is 0 Å². The molecule has 0 spiro atoms. The Morgan fingerprint density at radius 1 is 0.350 bits per heavy atom. The maximum absolute atomic E-state index is 2.71. The molecule has 0 aliphatic heterocycles. The Bertz CT molecular complexity index is 3990. The predicted molar refractivity (Wildman–Crippen MR) is 255 cm³/mol. The molecule has 0 radical (unpaired) electrons. The highest BCUT2D eigenvalue weighted by Gasteiger charge is 2.31. The van der Waals surface area contributed by atoms with E-state index in [1.807, 2.05) is 0 Å². The average Bonchev–Trinajstić information content (AvgIpc) is 3.85. The van der Waals surface area contributed by atoms with Crippen molar-refractivity contribution in [1.29, 1.82) is 0 Å². The van der Waals surface area contributed by atoms with Crippen LogP contribution in [0, 0.1) is 0 Å². The number of nitrogens with zero attached hydrogens (tertiary/aromatic N) is 2. The van der Waals surface area contributed by atoms with Crippen LogP contribution in [0.1, 0.15) is 17.2 Å². The van der Waals surface area contributed by atoms with Crippen molar-refractivity contribution >= 4 is 97.5 Å². The fourth-order valence-electron chi connectivity index (χ4n) is 11.5. The van der Waals surface area contributed by atoms with E-state index in [0.29, 0.717) is 0 Å². The van der Waals surface area contributed by atoms with Crippen LogP contribution in [0.5, 0.6) is 0 Å². The molecule has 11 aromatic carbocycles. The van der Waals surface area contributed by atoms with E-state index in [1.54, 1.807) is 0 Å². The molecule has 0 fully saturated rings. The van der Waals surface area contributed by atoms with Gasteiger partial charge in [0.1, 0.15) is 0 Å². The minimum atomic E-state index is 0.116. The zero-order valence-corrected chi connectivity index (χ0v) is 32.7. The van der Waals surface area contributed by atoms with Gasteiger partial charge in [-0.3, -0.25) is 0 Å². The molecule has 2 heteroatoms. The largest absolute Gasteiger partial charge is 0.332 e. The molecule has 2 aromatic heterocycles. The van der Waals surface area contributed by atoms with Crippen LogP contribution in [0.15, 0.2) is 200 Å². The number of aromatic nitrogens is 2. The first-order chi connectivity index (χ1) is 29.8. The number of rotatable bonds is 2. The van der Waals surface area contributed by atoms with Crippen LogP contribution in [-0.4, -0.2) is 9.13 Å². The van der Waals surface area contributed by atoms with Crippen LogP contribution >= 0.6 is 0 Å². The van der Waals surface area contributed by atoms with Gasteiger partial charge in [0.15, 0.2) is 0 Å². The summed E-state index contributed by atoms with van der Waals surface area (Å²) in [4.78, 5) is 0. The summed E-state index contributed by atoms with van der Waals surface area (Å²) >= 11 is 0. The molecule has 2 heterocycles. The van der Waals surface area contributed by atoms with Gasteiger partial charge < -0.3 is 9.13 Å². The molecule has 0 bridgehead atoms. The van der Waals surface area contributed by atoms with E-state index in [2.05, 4.69) is 209 Å². The van der Waals surface area contributed by atoms with E-state index in [0.717, 1.165) is 6.42 Å². The van der Waals surface area contributed by atoms with Crippen molar-refractivity contribution in [3.05, 3.63) is 211 Å². The van der Waals surface area contributed by atoms with Crippen LogP contribution in [0.4, 0.5) is 0 Å². The molecule has 60 heavy (non-hydrogen) atoms. The third kappa shape index (κ3) is 4.12. The van der Waals surface area contributed by atoms with Gasteiger partial charge in [0, 0.05) is 48.6 Å². The lowest BCUT2D eigenvalue weighted by molar-refractivity contribution is 0.613. The van der Waals surface area contributed by atoms with Crippen LogP contribution in [0.3, 0.4) is 0 Å². The van der Waals surface area contributed by atoms with Crippen molar-refractivity contribution in [1.82, 2.24) is 9.13 Å². The Balaban J connectivity index is 1.25. The maximum atomic E-state index is 2.71. The summed E-state index contributed by atoms with van der Waals surface area (Å²) in [6.45, 7) is 0. The SMILES string of the molecule is c1ccc2c(c1)CC(n1c3ccccc3c3c4c5ccccc5c5c6ccccc6n(-c6cc7ccccc7c7ccccc67)c5c4c4ccccc4c31)c1ccccc1-2. The summed E-state index contributed by atoms with van der Waals surface area (Å²) in [5.41, 5.74) is 11.7. The second-order valence-electron chi connectivity index (χ2n) is 16.7. The van der Waals surface area contributed by atoms with E-state index in [-0.39, 0.29) is 6.04 Å². The van der Waals surface area contributed by atoms with Gasteiger partial charge in [-0.25, -0.2) is 0 Å². The molecule has 0 saturated heterocycles. The third-order valence-electron chi connectivity index (χ3n) is 13.8. The zero-order chi connectivity index (χ0) is 39.1. The summed E-state index contributed by atoms with van der Waals surface area (Å²) in [6.07, 6.45) is 0.927. The van der Waals surface area contributed by atoms with Crippen LogP contribution in [0.2, 0.25) is 0 Å². The second kappa shape index (κ2) is 11.9. The molecular weight excluding hydrogens is 725 g/mol. The standard InChI is InChI=1S/C58H36N2/c1-3-19-37-35(17-1)33-51(41-23-7-5-21-39(37)41)59-50-32-16-14-30-48(50)56-54-44-26-10-9-25-43(44)53-47-29-13-15-31-49(47)60(58(53)55(54)45-27-11-12-28-46(45)57(56)59)52-34-36-18-2-4-20-38(36)40-22-6-8-24-42(40)52/h1-32,34,51H,33H2. The van der Waals surface area contributed by atoms with E-state index < -0.39 is 0 Å². The summed E-state index contributed by atoms with van der Waals surface area (Å²) in [7, 11) is 0. The summed E-state index contributed by atoms with van der Waals surface area (Å²) < 4.78 is 5.33. The monoisotopic (exact) mass is 760 g/mol. The van der Waals surface area contributed by atoms with Gasteiger partial charge in [-0.15, -0.1) is 0 Å². The molecule has 278 valence electrons. The maximum Gasteiger partial charge on any atom is 0.0638 e. The van der Waals surface area contributed by atoms with E-state index in [4.69, 9.17) is 0 Å². The van der Waals surface area contributed by atoms with Gasteiger partial charge in [-0.2, -0.15) is 0 Å². The molecule has 0 amide bonds. The minimum absolute atomic E-state index is 0.116. The fourth-order valence-corrected chi connectivity index (χ4v) is 11.5. The molecule has 1 atom stereocenters. The van der Waals surface area contributed by atoms with Crippen molar-refractivity contribution in [2.24, 2.45) is 0 Å². The van der Waals surface area contributed by atoms with Crippen molar-refractivity contribution < 1.29 is 0 Å². The third-order valence-corrected chi connectivity index (χ3v) is 13.8. The van der Waals surface area contributed by atoms with Gasteiger partial charge in [0.25, 0.3) is 0 Å². The lowest BCUT2D eigenvalue weighted by Crippen LogP contribution is -2.18. The Labute approximate surface area is 345 Å². The summed E-state index contributed by atoms with van der Waals surface area (Å²) in [5.74, 6) is 0.